The molecule has 26 heavy (non-hydrogen) atoms. The highest BCUT2D eigenvalue weighted by Gasteiger charge is 2.19. The standard InChI is InChI=1S/C20H40N4O2/c1-3-5-12-24-13-7-18(8-14-24)23-20(21-4-2)22-11-6-15-26-19-9-16-25-17-10-19/h18-19H,3-17H2,1-2H3,(H2,21,22,23). The van der Waals surface area contributed by atoms with Crippen LogP contribution in [0, 0.1) is 0 Å². The van der Waals surface area contributed by atoms with E-state index in [0.29, 0.717) is 12.1 Å². The van der Waals surface area contributed by atoms with Gasteiger partial charge in [-0.25, -0.2) is 0 Å². The van der Waals surface area contributed by atoms with Crippen molar-refractivity contribution < 1.29 is 9.47 Å². The fourth-order valence-corrected chi connectivity index (χ4v) is 3.54. The van der Waals surface area contributed by atoms with Gasteiger partial charge in [-0.3, -0.25) is 4.99 Å². The van der Waals surface area contributed by atoms with Gasteiger partial charge in [-0.05, 0) is 52.0 Å². The van der Waals surface area contributed by atoms with Gasteiger partial charge in [0.15, 0.2) is 5.96 Å². The van der Waals surface area contributed by atoms with Gasteiger partial charge >= 0.3 is 0 Å². The molecule has 2 aliphatic rings. The monoisotopic (exact) mass is 368 g/mol. The Kier molecular flexibility index (Phi) is 11.0. The van der Waals surface area contributed by atoms with Crippen LogP contribution in [0.4, 0.5) is 0 Å². The van der Waals surface area contributed by atoms with E-state index in [4.69, 9.17) is 14.5 Å². The van der Waals surface area contributed by atoms with Gasteiger partial charge in [-0.1, -0.05) is 13.3 Å². The molecule has 0 amide bonds. The first-order valence-corrected chi connectivity index (χ1v) is 10.8. The lowest BCUT2D eigenvalue weighted by atomic mass is 10.0. The highest BCUT2D eigenvalue weighted by Crippen LogP contribution is 2.12. The Balaban J connectivity index is 1.61. The van der Waals surface area contributed by atoms with Crippen LogP contribution in [0.25, 0.3) is 0 Å². The molecule has 0 bridgehead atoms. The number of rotatable bonds is 10. The van der Waals surface area contributed by atoms with Crippen molar-refractivity contribution >= 4 is 5.96 Å². The van der Waals surface area contributed by atoms with Crippen LogP contribution < -0.4 is 10.6 Å². The summed E-state index contributed by atoms with van der Waals surface area (Å²) in [6.45, 7) is 12.2. The molecule has 2 fully saturated rings. The quantitative estimate of drug-likeness (QED) is 0.352. The summed E-state index contributed by atoms with van der Waals surface area (Å²) in [6, 6.07) is 0.546. The summed E-state index contributed by atoms with van der Waals surface area (Å²) in [5, 5.41) is 7.01. The first kappa shape index (κ1) is 21.5. The maximum atomic E-state index is 5.92. The Morgan fingerprint density at radius 2 is 1.88 bits per heavy atom. The molecule has 2 aliphatic heterocycles. The second-order valence-corrected chi connectivity index (χ2v) is 7.41. The van der Waals surface area contributed by atoms with Gasteiger partial charge in [-0.2, -0.15) is 0 Å². The van der Waals surface area contributed by atoms with Crippen molar-refractivity contribution in [2.75, 3.05) is 52.5 Å². The summed E-state index contributed by atoms with van der Waals surface area (Å²) < 4.78 is 11.3. The number of ether oxygens (including phenoxy) is 2. The molecule has 2 N–H and O–H groups in total. The lowest BCUT2D eigenvalue weighted by Gasteiger charge is -2.33. The van der Waals surface area contributed by atoms with Crippen molar-refractivity contribution in [2.45, 2.75) is 70.9 Å². The Bertz CT molecular complexity index is 378. The normalized spacial score (nSPS) is 21.1. The molecule has 0 saturated carbocycles. The molecule has 2 heterocycles. The minimum absolute atomic E-state index is 0.386. The largest absolute Gasteiger partial charge is 0.381 e. The highest BCUT2D eigenvalue weighted by atomic mass is 16.5. The fourth-order valence-electron chi connectivity index (χ4n) is 3.54. The third-order valence-electron chi connectivity index (χ3n) is 5.19. The first-order valence-electron chi connectivity index (χ1n) is 10.8. The maximum Gasteiger partial charge on any atom is 0.191 e. The van der Waals surface area contributed by atoms with Crippen LogP contribution in [0.1, 0.15) is 58.8 Å². The second kappa shape index (κ2) is 13.3. The Labute approximate surface area is 160 Å². The molecular formula is C20H40N4O2. The molecule has 0 aliphatic carbocycles. The average molecular weight is 369 g/mol. The van der Waals surface area contributed by atoms with Gasteiger partial charge in [0.2, 0.25) is 0 Å². The van der Waals surface area contributed by atoms with Crippen molar-refractivity contribution in [2.24, 2.45) is 4.99 Å². The number of piperidine rings is 1. The number of nitrogens with one attached hydrogen (secondary N) is 2. The van der Waals surface area contributed by atoms with Gasteiger partial charge in [0.25, 0.3) is 0 Å². The third-order valence-corrected chi connectivity index (χ3v) is 5.19. The van der Waals surface area contributed by atoms with Gasteiger partial charge in [0.1, 0.15) is 0 Å². The van der Waals surface area contributed by atoms with E-state index in [1.807, 2.05) is 0 Å². The number of hydrogen-bond donors (Lipinski definition) is 2. The van der Waals surface area contributed by atoms with E-state index in [2.05, 4.69) is 29.4 Å². The Morgan fingerprint density at radius 1 is 1.12 bits per heavy atom. The topological polar surface area (TPSA) is 58.1 Å². The summed E-state index contributed by atoms with van der Waals surface area (Å²) in [5.41, 5.74) is 0. The van der Waals surface area contributed by atoms with E-state index in [9.17, 15) is 0 Å². The van der Waals surface area contributed by atoms with Crippen LogP contribution in [-0.2, 0) is 9.47 Å². The van der Waals surface area contributed by atoms with Crippen LogP contribution in [0.5, 0.6) is 0 Å². The molecule has 0 aromatic heterocycles. The van der Waals surface area contributed by atoms with Gasteiger partial charge < -0.3 is 25.0 Å². The summed E-state index contributed by atoms with van der Waals surface area (Å²) >= 11 is 0. The summed E-state index contributed by atoms with van der Waals surface area (Å²) in [5.74, 6) is 0.963. The van der Waals surface area contributed by atoms with Crippen LogP contribution in [-0.4, -0.2) is 75.5 Å². The predicted octanol–water partition coefficient (Wildman–Crippen LogP) is 2.39. The van der Waals surface area contributed by atoms with Crippen molar-refractivity contribution in [1.29, 1.82) is 0 Å². The minimum Gasteiger partial charge on any atom is -0.381 e. The minimum atomic E-state index is 0.386. The second-order valence-electron chi connectivity index (χ2n) is 7.41. The van der Waals surface area contributed by atoms with Crippen molar-refractivity contribution in [1.82, 2.24) is 15.5 Å². The van der Waals surface area contributed by atoms with Gasteiger partial charge in [0.05, 0.1) is 6.10 Å². The molecule has 0 radical (unpaired) electrons. The van der Waals surface area contributed by atoms with E-state index in [1.54, 1.807) is 0 Å². The SMILES string of the molecule is CCCCN1CCC(NC(=NCCCOC2CCOCC2)NCC)CC1. The molecule has 0 spiro atoms. The third kappa shape index (κ3) is 8.69. The molecule has 0 aromatic carbocycles. The van der Waals surface area contributed by atoms with Gasteiger partial charge in [-0.15, -0.1) is 0 Å². The molecule has 2 saturated heterocycles. The number of nitrogens with zero attached hydrogens (tertiary/aromatic N) is 2. The molecule has 0 atom stereocenters. The molecule has 0 unspecified atom stereocenters. The highest BCUT2D eigenvalue weighted by molar-refractivity contribution is 5.80. The predicted molar refractivity (Wildman–Crippen MR) is 108 cm³/mol. The summed E-state index contributed by atoms with van der Waals surface area (Å²) in [7, 11) is 0. The van der Waals surface area contributed by atoms with E-state index in [0.717, 1.165) is 58.1 Å². The molecule has 2 rings (SSSR count). The van der Waals surface area contributed by atoms with Crippen LogP contribution >= 0.6 is 0 Å². The van der Waals surface area contributed by atoms with E-state index in [1.165, 1.54) is 45.3 Å². The molecule has 152 valence electrons. The molecule has 6 nitrogen and oxygen atoms in total. The Morgan fingerprint density at radius 3 is 2.58 bits per heavy atom. The maximum absolute atomic E-state index is 5.92. The number of likely N-dealkylation sites (tertiary alicyclic amines) is 1. The Hall–Kier alpha value is -0.850. The molecule has 6 heteroatoms. The zero-order valence-electron chi connectivity index (χ0n) is 17.0. The number of unbranched alkanes of at least 4 members (excludes halogenated alkanes) is 1. The average Bonchev–Trinajstić information content (AvgIpc) is 2.68. The number of aliphatic imine (C=N–C) groups is 1. The van der Waals surface area contributed by atoms with Crippen LogP contribution in [0.3, 0.4) is 0 Å². The van der Waals surface area contributed by atoms with E-state index in [-0.39, 0.29) is 0 Å². The summed E-state index contributed by atoms with van der Waals surface area (Å²) in [4.78, 5) is 7.33. The smallest absolute Gasteiger partial charge is 0.191 e. The van der Waals surface area contributed by atoms with E-state index < -0.39 is 0 Å². The lowest BCUT2D eigenvalue weighted by molar-refractivity contribution is -0.0318. The lowest BCUT2D eigenvalue weighted by Crippen LogP contribution is -2.48. The first-order chi connectivity index (χ1) is 12.8. The zero-order chi connectivity index (χ0) is 18.5. The van der Waals surface area contributed by atoms with Crippen molar-refractivity contribution in [3.8, 4) is 0 Å². The fraction of sp³-hybridized carbons (Fsp3) is 0.950. The van der Waals surface area contributed by atoms with Crippen molar-refractivity contribution in [3.63, 3.8) is 0 Å². The zero-order valence-corrected chi connectivity index (χ0v) is 17.0. The van der Waals surface area contributed by atoms with Gasteiger partial charge in [0, 0.05) is 52.0 Å². The molecule has 0 aromatic rings. The molecular weight excluding hydrogens is 328 g/mol. The van der Waals surface area contributed by atoms with Crippen LogP contribution in [0.15, 0.2) is 4.99 Å². The number of guanidine groups is 1. The number of hydrogen-bond acceptors (Lipinski definition) is 4. The van der Waals surface area contributed by atoms with Crippen molar-refractivity contribution in [3.05, 3.63) is 0 Å². The van der Waals surface area contributed by atoms with Crippen LogP contribution in [0.2, 0.25) is 0 Å². The summed E-state index contributed by atoms with van der Waals surface area (Å²) in [6.07, 6.45) is 8.45. The van der Waals surface area contributed by atoms with E-state index >= 15 is 0 Å².